The van der Waals surface area contributed by atoms with E-state index in [1.807, 2.05) is 87.5 Å². The number of benzene rings is 2. The summed E-state index contributed by atoms with van der Waals surface area (Å²) < 4.78 is 0. The van der Waals surface area contributed by atoms with Crippen molar-refractivity contribution < 1.29 is 19.2 Å². The van der Waals surface area contributed by atoms with Crippen LogP contribution >= 0.6 is 0 Å². The average Bonchev–Trinajstić information content (AvgIpc) is 3.15. The molecule has 4 amide bonds. The van der Waals surface area contributed by atoms with E-state index in [0.717, 1.165) is 16.7 Å². The Bertz CT molecular complexity index is 1160. The molecule has 2 aromatic carbocycles. The molecular weight excluding hydrogens is 478 g/mol. The van der Waals surface area contributed by atoms with Crippen molar-refractivity contribution in [2.45, 2.75) is 65.1 Å². The molecule has 7 nitrogen and oxygen atoms in total. The van der Waals surface area contributed by atoms with Crippen molar-refractivity contribution in [2.75, 3.05) is 6.54 Å². The number of likely N-dealkylation sites (tertiary alicyclic amines) is 1. The number of hydrogen-bond acceptors (Lipinski definition) is 4. The van der Waals surface area contributed by atoms with Gasteiger partial charge in [0, 0.05) is 32.0 Å². The molecule has 4 rings (SSSR count). The van der Waals surface area contributed by atoms with Gasteiger partial charge >= 0.3 is 0 Å². The van der Waals surface area contributed by atoms with Gasteiger partial charge in [0.15, 0.2) is 0 Å². The summed E-state index contributed by atoms with van der Waals surface area (Å²) in [4.78, 5) is 56.0. The van der Waals surface area contributed by atoms with Crippen LogP contribution in [0.2, 0.25) is 0 Å². The normalized spacial score (nSPS) is 19.4. The van der Waals surface area contributed by atoms with Gasteiger partial charge in [0.1, 0.15) is 6.04 Å². The monoisotopic (exact) mass is 515 g/mol. The molecule has 1 heterocycles. The van der Waals surface area contributed by atoms with Crippen LogP contribution in [0, 0.1) is 18.8 Å². The van der Waals surface area contributed by atoms with Crippen LogP contribution in [-0.2, 0) is 32.1 Å². The van der Waals surface area contributed by atoms with Crippen molar-refractivity contribution in [1.82, 2.24) is 15.1 Å². The van der Waals surface area contributed by atoms with Crippen molar-refractivity contribution in [3.8, 4) is 0 Å². The number of aryl methyl sites for hydroxylation is 1. The highest BCUT2D eigenvalue weighted by Crippen LogP contribution is 2.35. The molecule has 1 unspecified atom stereocenters. The molecule has 2 aromatic rings. The first-order valence-electron chi connectivity index (χ1n) is 13.4. The summed E-state index contributed by atoms with van der Waals surface area (Å²) >= 11 is 0. The van der Waals surface area contributed by atoms with Crippen LogP contribution in [0.1, 0.15) is 49.8 Å². The Kier molecular flexibility index (Phi) is 8.77. The Labute approximate surface area is 224 Å². The molecule has 1 aliphatic heterocycles. The molecule has 200 valence electrons. The van der Waals surface area contributed by atoms with Crippen LogP contribution in [0.3, 0.4) is 0 Å². The topological polar surface area (TPSA) is 86.8 Å². The first kappa shape index (κ1) is 27.3. The van der Waals surface area contributed by atoms with Crippen LogP contribution < -0.4 is 5.32 Å². The van der Waals surface area contributed by atoms with Gasteiger partial charge in [-0.05, 0) is 44.7 Å². The number of carbonyl (C=O) groups is 4. The number of rotatable bonds is 10. The SMILES string of the molecule is Cc1ccc(CN(C(=O)CCN2C(=O)[C@H]3CC=CC[C@H]3C2=O)C(Cc2ccccc2)C(=O)NC(C)C)cc1. The predicted molar refractivity (Wildman–Crippen MR) is 146 cm³/mol. The van der Waals surface area contributed by atoms with Gasteiger partial charge in [-0.25, -0.2) is 0 Å². The molecule has 2 aliphatic rings. The molecule has 1 aliphatic carbocycles. The first-order chi connectivity index (χ1) is 18.2. The zero-order chi connectivity index (χ0) is 27.2. The minimum atomic E-state index is -0.745. The fourth-order valence-electron chi connectivity index (χ4n) is 5.27. The largest absolute Gasteiger partial charge is 0.352 e. The zero-order valence-corrected chi connectivity index (χ0v) is 22.4. The van der Waals surface area contributed by atoms with E-state index in [1.54, 1.807) is 4.90 Å². The highest BCUT2D eigenvalue weighted by Gasteiger charge is 2.47. The third-order valence-electron chi connectivity index (χ3n) is 7.32. The Hall–Kier alpha value is -3.74. The second kappa shape index (κ2) is 12.2. The first-order valence-corrected chi connectivity index (χ1v) is 13.4. The summed E-state index contributed by atoms with van der Waals surface area (Å²) in [6, 6.07) is 16.7. The zero-order valence-electron chi connectivity index (χ0n) is 22.4. The molecule has 1 saturated heterocycles. The summed E-state index contributed by atoms with van der Waals surface area (Å²) in [5.74, 6) is -1.53. The van der Waals surface area contributed by atoms with Crippen LogP contribution in [0.15, 0.2) is 66.7 Å². The number of amides is 4. The fourth-order valence-corrected chi connectivity index (χ4v) is 5.27. The van der Waals surface area contributed by atoms with Gasteiger partial charge in [-0.2, -0.15) is 0 Å². The van der Waals surface area contributed by atoms with E-state index in [0.29, 0.717) is 19.3 Å². The lowest BCUT2D eigenvalue weighted by atomic mass is 9.85. The van der Waals surface area contributed by atoms with Crippen molar-refractivity contribution in [2.24, 2.45) is 11.8 Å². The van der Waals surface area contributed by atoms with Crippen molar-refractivity contribution in [3.63, 3.8) is 0 Å². The lowest BCUT2D eigenvalue weighted by molar-refractivity contribution is -0.144. The Morgan fingerprint density at radius 3 is 2.11 bits per heavy atom. The van der Waals surface area contributed by atoms with Gasteiger partial charge in [-0.1, -0.05) is 72.3 Å². The van der Waals surface area contributed by atoms with Crippen LogP contribution in [-0.4, -0.2) is 52.1 Å². The number of nitrogens with one attached hydrogen (secondary N) is 1. The number of allylic oxidation sites excluding steroid dienone is 2. The fraction of sp³-hybridized carbons (Fsp3) is 0.419. The maximum Gasteiger partial charge on any atom is 0.243 e. The van der Waals surface area contributed by atoms with E-state index in [1.165, 1.54) is 4.90 Å². The van der Waals surface area contributed by atoms with Crippen LogP contribution in [0.4, 0.5) is 0 Å². The standard InChI is InChI=1S/C31H37N3O4/c1-21(2)32-29(36)27(19-23-9-5-4-6-10-23)34(20-24-15-13-22(3)14-16-24)28(35)17-18-33-30(37)25-11-7-8-12-26(25)31(33)38/h4-10,13-16,21,25-27H,11-12,17-20H2,1-3H3,(H,32,36)/t25-,26+,27?. The molecule has 0 radical (unpaired) electrons. The van der Waals surface area contributed by atoms with Crippen LogP contribution in [0.5, 0.6) is 0 Å². The van der Waals surface area contributed by atoms with Crippen molar-refractivity contribution in [1.29, 1.82) is 0 Å². The van der Waals surface area contributed by atoms with E-state index in [-0.39, 0.29) is 61.0 Å². The quantitative estimate of drug-likeness (QED) is 0.385. The minimum absolute atomic E-state index is 0.0256. The maximum atomic E-state index is 13.8. The summed E-state index contributed by atoms with van der Waals surface area (Å²) in [6.45, 7) is 6.06. The summed E-state index contributed by atoms with van der Waals surface area (Å²) in [5.41, 5.74) is 2.95. The van der Waals surface area contributed by atoms with Gasteiger partial charge in [-0.15, -0.1) is 0 Å². The third kappa shape index (κ3) is 6.39. The van der Waals surface area contributed by atoms with Gasteiger partial charge in [0.05, 0.1) is 11.8 Å². The van der Waals surface area contributed by atoms with E-state index in [4.69, 9.17) is 0 Å². The van der Waals surface area contributed by atoms with Gasteiger partial charge in [0.2, 0.25) is 23.6 Å². The second-order valence-corrected chi connectivity index (χ2v) is 10.6. The van der Waals surface area contributed by atoms with E-state index in [2.05, 4.69) is 5.32 Å². The Morgan fingerprint density at radius 1 is 0.921 bits per heavy atom. The minimum Gasteiger partial charge on any atom is -0.352 e. The number of nitrogens with zero attached hydrogens (tertiary/aromatic N) is 2. The smallest absolute Gasteiger partial charge is 0.243 e. The molecule has 0 saturated carbocycles. The lowest BCUT2D eigenvalue weighted by Gasteiger charge is -2.32. The second-order valence-electron chi connectivity index (χ2n) is 10.6. The summed E-state index contributed by atoms with van der Waals surface area (Å²) in [5, 5.41) is 2.98. The van der Waals surface area contributed by atoms with Gasteiger partial charge in [0.25, 0.3) is 0 Å². The molecule has 3 atom stereocenters. The molecule has 1 N–H and O–H groups in total. The third-order valence-corrected chi connectivity index (χ3v) is 7.32. The molecule has 0 spiro atoms. The molecule has 7 heteroatoms. The number of carbonyl (C=O) groups excluding carboxylic acids is 4. The van der Waals surface area contributed by atoms with E-state index < -0.39 is 6.04 Å². The lowest BCUT2D eigenvalue weighted by Crippen LogP contribution is -2.52. The average molecular weight is 516 g/mol. The van der Waals surface area contributed by atoms with E-state index in [9.17, 15) is 19.2 Å². The maximum absolute atomic E-state index is 13.8. The van der Waals surface area contributed by atoms with Crippen LogP contribution in [0.25, 0.3) is 0 Å². The molecule has 38 heavy (non-hydrogen) atoms. The van der Waals surface area contributed by atoms with Crippen molar-refractivity contribution in [3.05, 3.63) is 83.4 Å². The van der Waals surface area contributed by atoms with E-state index >= 15 is 0 Å². The summed E-state index contributed by atoms with van der Waals surface area (Å²) in [7, 11) is 0. The number of fused-ring (bicyclic) bond motifs is 1. The van der Waals surface area contributed by atoms with Gasteiger partial charge in [-0.3, -0.25) is 24.1 Å². The predicted octanol–water partition coefficient (Wildman–Crippen LogP) is 3.80. The Balaban J connectivity index is 1.58. The number of hydrogen-bond donors (Lipinski definition) is 1. The van der Waals surface area contributed by atoms with Gasteiger partial charge < -0.3 is 10.2 Å². The van der Waals surface area contributed by atoms with Crippen molar-refractivity contribution >= 4 is 23.6 Å². The molecule has 0 aromatic heterocycles. The molecule has 0 bridgehead atoms. The molecular formula is C31H37N3O4. The number of imide groups is 1. The highest BCUT2D eigenvalue weighted by molar-refractivity contribution is 6.05. The summed E-state index contributed by atoms with van der Waals surface area (Å²) in [6.07, 6.45) is 5.35. The Morgan fingerprint density at radius 2 is 1.53 bits per heavy atom. The highest BCUT2D eigenvalue weighted by atomic mass is 16.2. The molecule has 1 fully saturated rings.